The van der Waals surface area contributed by atoms with Gasteiger partial charge in [-0.3, -0.25) is 0 Å². The van der Waals surface area contributed by atoms with Crippen LogP contribution >= 0.6 is 0 Å². The van der Waals surface area contributed by atoms with Gasteiger partial charge in [-0.15, -0.1) is 0 Å². The van der Waals surface area contributed by atoms with E-state index < -0.39 is 0 Å². The number of benzene rings is 3. The van der Waals surface area contributed by atoms with Crippen molar-refractivity contribution in [2.75, 3.05) is 0 Å². The molecular weight excluding hydrogens is 340 g/mol. The van der Waals surface area contributed by atoms with Gasteiger partial charge in [0.2, 0.25) is 0 Å². The van der Waals surface area contributed by atoms with Gasteiger partial charge >= 0.3 is 0 Å². The van der Waals surface area contributed by atoms with Crippen molar-refractivity contribution >= 4 is 21.8 Å². The van der Waals surface area contributed by atoms with Crippen LogP contribution in [0.1, 0.15) is 29.3 Å². The van der Waals surface area contributed by atoms with Crippen molar-refractivity contribution in [1.82, 2.24) is 9.55 Å². The number of hydrogen-bond acceptors (Lipinski definition) is 0. The van der Waals surface area contributed by atoms with Crippen LogP contribution in [0, 0.1) is 0 Å². The molecule has 2 nitrogen and oxygen atoms in total. The van der Waals surface area contributed by atoms with Crippen molar-refractivity contribution in [1.29, 1.82) is 0 Å². The normalized spacial score (nSPS) is 11.5. The number of H-pyrrole nitrogens is 1. The summed E-state index contributed by atoms with van der Waals surface area (Å²) in [5.41, 5.74) is 8.05. The molecule has 0 spiro atoms. The number of para-hydroxylation sites is 2. The summed E-state index contributed by atoms with van der Waals surface area (Å²) in [6, 6.07) is 28.1. The molecule has 0 bridgehead atoms. The first kappa shape index (κ1) is 16.9. The van der Waals surface area contributed by atoms with Crippen LogP contribution in [0.4, 0.5) is 0 Å². The maximum atomic E-state index is 3.62. The molecule has 0 fully saturated rings. The van der Waals surface area contributed by atoms with E-state index in [1.807, 2.05) is 0 Å². The highest BCUT2D eigenvalue weighted by Crippen LogP contribution is 2.30. The van der Waals surface area contributed by atoms with E-state index in [0.29, 0.717) is 0 Å². The van der Waals surface area contributed by atoms with E-state index in [4.69, 9.17) is 0 Å². The lowest BCUT2D eigenvalue weighted by Gasteiger charge is -2.05. The van der Waals surface area contributed by atoms with Gasteiger partial charge in [0.1, 0.15) is 0 Å². The fourth-order valence-corrected chi connectivity index (χ4v) is 4.32. The fraction of sp³-hybridized carbons (Fsp3) is 0.154. The molecule has 28 heavy (non-hydrogen) atoms. The van der Waals surface area contributed by atoms with Crippen LogP contribution in [0.15, 0.2) is 85.1 Å². The Bertz CT molecular complexity index is 1240. The standard InChI is InChI=1S/C26H24N2/c1-2-24-23(22-13-6-8-14-25(22)27-24)16-20-18-28(17-19-10-4-3-5-11-19)26-15-9-7-12-21(20)26/h3-15,18,27H,2,16-17H2,1H3. The van der Waals surface area contributed by atoms with Crippen LogP contribution in [-0.2, 0) is 19.4 Å². The lowest BCUT2D eigenvalue weighted by atomic mass is 10.0. The monoisotopic (exact) mass is 364 g/mol. The molecule has 138 valence electrons. The Hall–Kier alpha value is -3.26. The van der Waals surface area contributed by atoms with Crippen molar-refractivity contribution in [2.45, 2.75) is 26.3 Å². The van der Waals surface area contributed by atoms with Crippen molar-refractivity contribution < 1.29 is 0 Å². The first-order chi connectivity index (χ1) is 13.8. The van der Waals surface area contributed by atoms with E-state index in [1.54, 1.807) is 0 Å². The zero-order valence-electron chi connectivity index (χ0n) is 16.2. The maximum absolute atomic E-state index is 3.62. The molecule has 0 saturated carbocycles. The van der Waals surface area contributed by atoms with Crippen LogP contribution in [-0.4, -0.2) is 9.55 Å². The molecular formula is C26H24N2. The second-order valence-corrected chi connectivity index (χ2v) is 7.44. The molecule has 3 aromatic carbocycles. The van der Waals surface area contributed by atoms with Crippen LogP contribution < -0.4 is 0 Å². The summed E-state index contributed by atoms with van der Waals surface area (Å²) in [5, 5.41) is 2.70. The highest BCUT2D eigenvalue weighted by atomic mass is 15.0. The maximum Gasteiger partial charge on any atom is 0.0486 e. The van der Waals surface area contributed by atoms with Crippen LogP contribution in [0.5, 0.6) is 0 Å². The minimum absolute atomic E-state index is 0.899. The molecule has 2 heteroatoms. The summed E-state index contributed by atoms with van der Waals surface area (Å²) in [7, 11) is 0. The molecule has 2 aromatic heterocycles. The zero-order valence-corrected chi connectivity index (χ0v) is 16.2. The molecule has 0 unspecified atom stereocenters. The Morgan fingerprint density at radius 1 is 0.786 bits per heavy atom. The Labute approximate surface area is 165 Å². The van der Waals surface area contributed by atoms with Crippen molar-refractivity contribution in [3.05, 3.63) is 107 Å². The SMILES string of the molecule is CCc1[nH]c2ccccc2c1Cc1cn(Cc2ccccc2)c2ccccc12. The minimum atomic E-state index is 0.899. The molecule has 0 atom stereocenters. The lowest BCUT2D eigenvalue weighted by Crippen LogP contribution is -1.97. The quantitative estimate of drug-likeness (QED) is 0.376. The summed E-state index contributed by atoms with van der Waals surface area (Å²) < 4.78 is 2.39. The molecule has 5 aromatic rings. The number of nitrogens with zero attached hydrogens (tertiary/aromatic N) is 1. The van der Waals surface area contributed by atoms with Gasteiger partial charge in [-0.05, 0) is 35.2 Å². The molecule has 0 radical (unpaired) electrons. The van der Waals surface area contributed by atoms with E-state index in [2.05, 4.69) is 102 Å². The fourth-order valence-electron chi connectivity index (χ4n) is 4.32. The molecule has 0 aliphatic rings. The highest BCUT2D eigenvalue weighted by Gasteiger charge is 2.14. The number of rotatable bonds is 5. The third-order valence-electron chi connectivity index (χ3n) is 5.69. The molecule has 2 heterocycles. The van der Waals surface area contributed by atoms with E-state index in [-0.39, 0.29) is 0 Å². The lowest BCUT2D eigenvalue weighted by molar-refractivity contribution is 0.832. The number of aryl methyl sites for hydroxylation is 1. The van der Waals surface area contributed by atoms with Gasteiger partial charge in [-0.2, -0.15) is 0 Å². The van der Waals surface area contributed by atoms with Crippen molar-refractivity contribution in [3.63, 3.8) is 0 Å². The van der Waals surface area contributed by atoms with Gasteiger partial charge in [-0.25, -0.2) is 0 Å². The summed E-state index contributed by atoms with van der Waals surface area (Å²) in [6.45, 7) is 3.13. The average Bonchev–Trinajstić information content (AvgIpc) is 3.28. The number of nitrogens with one attached hydrogen (secondary N) is 1. The molecule has 0 aliphatic heterocycles. The molecule has 0 aliphatic carbocycles. The predicted octanol–water partition coefficient (Wildman–Crippen LogP) is 6.32. The second kappa shape index (κ2) is 7.05. The highest BCUT2D eigenvalue weighted by molar-refractivity contribution is 5.88. The summed E-state index contributed by atoms with van der Waals surface area (Å²) in [6.07, 6.45) is 4.32. The average molecular weight is 364 g/mol. The largest absolute Gasteiger partial charge is 0.358 e. The van der Waals surface area contributed by atoms with E-state index in [9.17, 15) is 0 Å². The zero-order chi connectivity index (χ0) is 18.9. The van der Waals surface area contributed by atoms with Gasteiger partial charge in [0.05, 0.1) is 0 Å². The van der Waals surface area contributed by atoms with Crippen LogP contribution in [0.25, 0.3) is 21.8 Å². The third kappa shape index (κ3) is 2.91. The Balaban J connectivity index is 1.61. The molecule has 1 N–H and O–H groups in total. The summed E-state index contributed by atoms with van der Waals surface area (Å²) in [5.74, 6) is 0. The topological polar surface area (TPSA) is 20.7 Å². The predicted molar refractivity (Wildman–Crippen MR) is 118 cm³/mol. The van der Waals surface area contributed by atoms with E-state index in [0.717, 1.165) is 19.4 Å². The number of fused-ring (bicyclic) bond motifs is 2. The summed E-state index contributed by atoms with van der Waals surface area (Å²) >= 11 is 0. The molecule has 0 amide bonds. The second-order valence-electron chi connectivity index (χ2n) is 7.44. The third-order valence-corrected chi connectivity index (χ3v) is 5.69. The van der Waals surface area contributed by atoms with Gasteiger partial charge in [-0.1, -0.05) is 73.7 Å². The Morgan fingerprint density at radius 2 is 1.50 bits per heavy atom. The van der Waals surface area contributed by atoms with Crippen LogP contribution in [0.2, 0.25) is 0 Å². The number of aromatic nitrogens is 2. The minimum Gasteiger partial charge on any atom is -0.358 e. The van der Waals surface area contributed by atoms with Gasteiger partial charge < -0.3 is 9.55 Å². The van der Waals surface area contributed by atoms with Crippen molar-refractivity contribution in [3.8, 4) is 0 Å². The van der Waals surface area contributed by atoms with Gasteiger partial charge in [0.25, 0.3) is 0 Å². The first-order valence-electron chi connectivity index (χ1n) is 10.0. The van der Waals surface area contributed by atoms with Gasteiger partial charge in [0, 0.05) is 46.7 Å². The van der Waals surface area contributed by atoms with E-state index >= 15 is 0 Å². The van der Waals surface area contributed by atoms with E-state index in [1.165, 1.54) is 44.2 Å². The summed E-state index contributed by atoms with van der Waals surface area (Å²) in [4.78, 5) is 3.62. The Morgan fingerprint density at radius 3 is 2.32 bits per heavy atom. The number of aromatic amines is 1. The molecule has 5 rings (SSSR count). The smallest absolute Gasteiger partial charge is 0.0486 e. The van der Waals surface area contributed by atoms with Crippen molar-refractivity contribution in [2.24, 2.45) is 0 Å². The number of hydrogen-bond donors (Lipinski definition) is 1. The van der Waals surface area contributed by atoms with Crippen LogP contribution in [0.3, 0.4) is 0 Å². The first-order valence-corrected chi connectivity index (χ1v) is 10.0. The Kier molecular flexibility index (Phi) is 4.25. The molecule has 0 saturated heterocycles. The van der Waals surface area contributed by atoms with Gasteiger partial charge in [0.15, 0.2) is 0 Å².